The minimum absolute atomic E-state index is 0.330. The number of hydrogen-bond donors (Lipinski definition) is 0. The van der Waals surface area contributed by atoms with Gasteiger partial charge in [-0.1, -0.05) is 23.2 Å². The van der Waals surface area contributed by atoms with E-state index in [0.29, 0.717) is 35.0 Å². The fourth-order valence-electron chi connectivity index (χ4n) is 2.86. The Morgan fingerprint density at radius 3 is 2.64 bits per heavy atom. The van der Waals surface area contributed by atoms with E-state index in [1.807, 2.05) is 0 Å². The summed E-state index contributed by atoms with van der Waals surface area (Å²) in [6, 6.07) is 5.06. The molecule has 10 heteroatoms. The number of hydrogen-bond acceptors (Lipinski definition) is 8. The van der Waals surface area contributed by atoms with Crippen LogP contribution in [-0.4, -0.2) is 72.0 Å². The smallest absolute Gasteiger partial charge is 0.339 e. The van der Waals surface area contributed by atoms with Gasteiger partial charge >= 0.3 is 5.97 Å². The molecule has 0 N–H and O–H groups in total. The van der Waals surface area contributed by atoms with Gasteiger partial charge in [-0.2, -0.15) is 0 Å². The van der Waals surface area contributed by atoms with Crippen LogP contribution in [0.1, 0.15) is 17.3 Å². The summed E-state index contributed by atoms with van der Waals surface area (Å²) in [5.41, 5.74) is 1.22. The molecule has 150 valence electrons. The summed E-state index contributed by atoms with van der Waals surface area (Å²) in [5, 5.41) is 8.29. The molecule has 2 aromatic rings. The van der Waals surface area contributed by atoms with E-state index in [4.69, 9.17) is 32.7 Å². The van der Waals surface area contributed by atoms with E-state index >= 15 is 0 Å². The monoisotopic (exact) mass is 425 g/mol. The molecule has 3 rings (SSSR count). The third kappa shape index (κ3) is 5.43. The van der Waals surface area contributed by atoms with Crippen LogP contribution in [0.25, 0.3) is 0 Å². The van der Waals surface area contributed by atoms with Crippen molar-refractivity contribution < 1.29 is 14.3 Å². The summed E-state index contributed by atoms with van der Waals surface area (Å²) in [6.45, 7) is 6.75. The Labute approximate surface area is 173 Å². The number of pyridine rings is 1. The predicted octanol–water partition coefficient (Wildman–Crippen LogP) is 2.56. The second-order valence-corrected chi connectivity index (χ2v) is 6.87. The Bertz CT molecular complexity index is 798. The molecule has 0 unspecified atom stereocenters. The number of nitrogens with zero attached hydrogens (tertiary/aromatic N) is 5. The van der Waals surface area contributed by atoms with Crippen LogP contribution >= 0.6 is 23.2 Å². The molecule has 2 aromatic heterocycles. The fraction of sp³-hybridized carbons (Fsp3) is 0.444. The Morgan fingerprint density at radius 2 is 1.96 bits per heavy atom. The predicted molar refractivity (Wildman–Crippen MR) is 106 cm³/mol. The van der Waals surface area contributed by atoms with E-state index in [2.05, 4.69) is 25.0 Å². The molecule has 0 saturated carbocycles. The highest BCUT2D eigenvalue weighted by molar-refractivity contribution is 6.33. The first kappa shape index (κ1) is 20.6. The molecule has 1 aliphatic heterocycles. The van der Waals surface area contributed by atoms with Gasteiger partial charge < -0.3 is 14.4 Å². The van der Waals surface area contributed by atoms with Crippen LogP contribution in [0.5, 0.6) is 5.88 Å². The van der Waals surface area contributed by atoms with Crippen LogP contribution in [0.15, 0.2) is 24.4 Å². The van der Waals surface area contributed by atoms with Crippen molar-refractivity contribution in [2.24, 2.45) is 0 Å². The highest BCUT2D eigenvalue weighted by Crippen LogP contribution is 2.26. The minimum Gasteiger partial charge on any atom is -0.476 e. The zero-order chi connectivity index (χ0) is 19.9. The van der Waals surface area contributed by atoms with Crippen molar-refractivity contribution in [3.05, 3.63) is 40.3 Å². The normalized spacial score (nSPS) is 14.8. The van der Waals surface area contributed by atoms with Crippen LogP contribution in [-0.2, 0) is 4.74 Å². The Kier molecular flexibility index (Phi) is 7.24. The quantitative estimate of drug-likeness (QED) is 0.625. The van der Waals surface area contributed by atoms with Crippen molar-refractivity contribution in [1.82, 2.24) is 20.1 Å². The summed E-state index contributed by atoms with van der Waals surface area (Å²) >= 11 is 12.0. The fourth-order valence-corrected chi connectivity index (χ4v) is 3.21. The van der Waals surface area contributed by atoms with Gasteiger partial charge in [0.1, 0.15) is 6.61 Å². The second-order valence-electron chi connectivity index (χ2n) is 6.13. The summed E-state index contributed by atoms with van der Waals surface area (Å²) < 4.78 is 10.6. The molecule has 0 radical (unpaired) electrons. The third-order valence-electron chi connectivity index (χ3n) is 4.32. The van der Waals surface area contributed by atoms with Gasteiger partial charge in [0.05, 0.1) is 17.9 Å². The maximum absolute atomic E-state index is 11.6. The Hall–Kier alpha value is -2.16. The Morgan fingerprint density at radius 1 is 1.18 bits per heavy atom. The van der Waals surface area contributed by atoms with Gasteiger partial charge in [0.25, 0.3) is 0 Å². The van der Waals surface area contributed by atoms with Gasteiger partial charge in [-0.15, -0.1) is 10.2 Å². The molecule has 0 aromatic carbocycles. The standard InChI is InChI=1S/C18H21Cl2N5O3/c1-2-27-18(26)13-3-4-16(21-12-13)28-10-9-24-5-7-25(8-6-24)14-11-15(19)22-23-17(14)20/h3-4,11-12H,2,5-10H2,1H3. The number of aromatic nitrogens is 3. The topological polar surface area (TPSA) is 80.7 Å². The highest BCUT2D eigenvalue weighted by Gasteiger charge is 2.20. The summed E-state index contributed by atoms with van der Waals surface area (Å²) in [6.07, 6.45) is 1.46. The van der Waals surface area contributed by atoms with Crippen molar-refractivity contribution in [3.8, 4) is 5.88 Å². The maximum atomic E-state index is 11.6. The zero-order valence-electron chi connectivity index (χ0n) is 15.5. The summed E-state index contributed by atoms with van der Waals surface area (Å²) in [4.78, 5) is 20.2. The van der Waals surface area contributed by atoms with Gasteiger partial charge in [0, 0.05) is 51.1 Å². The molecule has 3 heterocycles. The summed E-state index contributed by atoms with van der Waals surface area (Å²) in [5.74, 6) is 0.0983. The molecule has 1 fully saturated rings. The van der Waals surface area contributed by atoms with Crippen LogP contribution in [0.3, 0.4) is 0 Å². The molecule has 0 atom stereocenters. The van der Waals surface area contributed by atoms with Crippen LogP contribution in [0.2, 0.25) is 10.3 Å². The second kappa shape index (κ2) is 9.86. The SMILES string of the molecule is CCOC(=O)c1ccc(OCCN2CCN(c3cc(Cl)nnc3Cl)CC2)nc1. The lowest BCUT2D eigenvalue weighted by Gasteiger charge is -2.36. The number of carbonyl (C=O) groups excluding carboxylic acids is 1. The lowest BCUT2D eigenvalue weighted by Crippen LogP contribution is -2.47. The molecule has 0 aliphatic carbocycles. The number of halogens is 2. The van der Waals surface area contributed by atoms with E-state index in [9.17, 15) is 4.79 Å². The van der Waals surface area contributed by atoms with E-state index in [1.165, 1.54) is 6.20 Å². The number of anilines is 1. The van der Waals surface area contributed by atoms with Crippen LogP contribution in [0.4, 0.5) is 5.69 Å². The number of rotatable bonds is 7. The first-order valence-electron chi connectivity index (χ1n) is 8.99. The molecular formula is C18H21Cl2N5O3. The molecule has 1 aliphatic rings. The molecule has 1 saturated heterocycles. The van der Waals surface area contributed by atoms with E-state index in [1.54, 1.807) is 25.1 Å². The first-order chi connectivity index (χ1) is 13.6. The van der Waals surface area contributed by atoms with Crippen molar-refractivity contribution in [2.75, 3.05) is 50.8 Å². The van der Waals surface area contributed by atoms with Crippen molar-refractivity contribution in [2.45, 2.75) is 6.92 Å². The van der Waals surface area contributed by atoms with Crippen molar-refractivity contribution in [3.63, 3.8) is 0 Å². The molecule has 0 bridgehead atoms. The molecule has 8 nitrogen and oxygen atoms in total. The molecular weight excluding hydrogens is 405 g/mol. The zero-order valence-corrected chi connectivity index (χ0v) is 17.0. The van der Waals surface area contributed by atoms with E-state index < -0.39 is 0 Å². The largest absolute Gasteiger partial charge is 0.476 e. The van der Waals surface area contributed by atoms with Crippen molar-refractivity contribution >= 4 is 34.9 Å². The molecule has 28 heavy (non-hydrogen) atoms. The van der Waals surface area contributed by atoms with Gasteiger partial charge in [-0.05, 0) is 13.0 Å². The highest BCUT2D eigenvalue weighted by atomic mass is 35.5. The molecule has 0 amide bonds. The average molecular weight is 426 g/mol. The molecule has 0 spiro atoms. The number of carbonyl (C=O) groups is 1. The Balaban J connectivity index is 1.42. The lowest BCUT2D eigenvalue weighted by molar-refractivity contribution is 0.0525. The summed E-state index contributed by atoms with van der Waals surface area (Å²) in [7, 11) is 0. The van der Waals surface area contributed by atoms with Gasteiger partial charge in [0.2, 0.25) is 5.88 Å². The number of esters is 1. The van der Waals surface area contributed by atoms with Crippen LogP contribution in [0, 0.1) is 0 Å². The maximum Gasteiger partial charge on any atom is 0.339 e. The number of piperazine rings is 1. The third-order valence-corrected chi connectivity index (χ3v) is 4.77. The van der Waals surface area contributed by atoms with Crippen LogP contribution < -0.4 is 9.64 Å². The van der Waals surface area contributed by atoms with Gasteiger partial charge in [0.15, 0.2) is 10.3 Å². The van der Waals surface area contributed by atoms with Crippen molar-refractivity contribution in [1.29, 1.82) is 0 Å². The average Bonchev–Trinajstić information content (AvgIpc) is 2.71. The van der Waals surface area contributed by atoms with E-state index in [-0.39, 0.29) is 5.97 Å². The lowest BCUT2D eigenvalue weighted by atomic mass is 10.3. The minimum atomic E-state index is -0.384. The first-order valence-corrected chi connectivity index (χ1v) is 9.74. The van der Waals surface area contributed by atoms with E-state index in [0.717, 1.165) is 38.4 Å². The number of ether oxygens (including phenoxy) is 2. The van der Waals surface area contributed by atoms with Gasteiger partial charge in [-0.25, -0.2) is 9.78 Å². The van der Waals surface area contributed by atoms with Gasteiger partial charge in [-0.3, -0.25) is 4.90 Å².